The molecular weight excluding hydrogens is 312 g/mol. The van der Waals surface area contributed by atoms with Gasteiger partial charge in [-0.15, -0.1) is 0 Å². The van der Waals surface area contributed by atoms with Gasteiger partial charge in [-0.25, -0.2) is 21.6 Å². The van der Waals surface area contributed by atoms with Gasteiger partial charge in [-0.3, -0.25) is 0 Å². The van der Waals surface area contributed by atoms with Gasteiger partial charge in [0.25, 0.3) is 10.0 Å². The van der Waals surface area contributed by atoms with E-state index in [4.69, 9.17) is 0 Å². The van der Waals surface area contributed by atoms with E-state index in [1.54, 1.807) is 0 Å². The zero-order valence-electron chi connectivity index (χ0n) is 11.4. The third-order valence-electron chi connectivity index (χ3n) is 2.32. The highest BCUT2D eigenvalue weighted by molar-refractivity contribution is 8.01. The third kappa shape index (κ3) is 3.32. The normalized spacial score (nSPS) is 13.0. The van der Waals surface area contributed by atoms with Gasteiger partial charge < -0.3 is 0 Å². The van der Waals surface area contributed by atoms with Crippen LogP contribution in [-0.2, 0) is 20.1 Å². The summed E-state index contributed by atoms with van der Waals surface area (Å²) < 4.78 is 68.3. The van der Waals surface area contributed by atoms with Crippen LogP contribution in [0, 0.1) is 11.6 Å². The molecule has 0 fully saturated rings. The predicted octanol–water partition coefficient (Wildman–Crippen LogP) is 1.07. The highest BCUT2D eigenvalue weighted by Crippen LogP contribution is 2.20. The molecular formula is C10H15F2N3O3S2. The Morgan fingerprint density at radius 1 is 1.00 bits per heavy atom. The van der Waals surface area contributed by atoms with E-state index in [0.29, 0.717) is 6.07 Å². The van der Waals surface area contributed by atoms with Crippen LogP contribution < -0.4 is 0 Å². The van der Waals surface area contributed by atoms with Gasteiger partial charge in [-0.1, -0.05) is 3.77 Å². The molecule has 0 saturated carbocycles. The third-order valence-corrected chi connectivity index (χ3v) is 6.67. The standard InChI is InChI=1S/C10H15F2N3O3S2/c1-14(2)20(18,15(3)4)13-19(16,17)10-6-5-8(11)7-9(10)12/h5-7H,1-4H3. The summed E-state index contributed by atoms with van der Waals surface area (Å²) in [4.78, 5) is -0.824. The minimum absolute atomic E-state index is 0.426. The molecule has 0 heterocycles. The molecule has 0 saturated heterocycles. The predicted molar refractivity (Wildman–Crippen MR) is 71.5 cm³/mol. The van der Waals surface area contributed by atoms with E-state index in [-0.39, 0.29) is 0 Å². The van der Waals surface area contributed by atoms with Crippen molar-refractivity contribution in [3.05, 3.63) is 29.8 Å². The number of benzene rings is 1. The van der Waals surface area contributed by atoms with Crippen LogP contribution in [0.5, 0.6) is 0 Å². The van der Waals surface area contributed by atoms with Crippen molar-refractivity contribution >= 4 is 20.1 Å². The Labute approximate surface area is 117 Å². The van der Waals surface area contributed by atoms with Crippen LogP contribution in [0.3, 0.4) is 0 Å². The number of hydrogen-bond acceptors (Lipinski definition) is 3. The van der Waals surface area contributed by atoms with Crippen molar-refractivity contribution in [2.24, 2.45) is 3.77 Å². The fourth-order valence-electron chi connectivity index (χ4n) is 1.31. The molecule has 10 heteroatoms. The zero-order valence-corrected chi connectivity index (χ0v) is 13.0. The first-order chi connectivity index (χ1) is 9.00. The average molecular weight is 327 g/mol. The van der Waals surface area contributed by atoms with Gasteiger partial charge in [0.15, 0.2) is 10.1 Å². The van der Waals surface area contributed by atoms with Crippen molar-refractivity contribution in [3.63, 3.8) is 0 Å². The van der Waals surface area contributed by atoms with Gasteiger partial charge in [0.1, 0.15) is 16.5 Å². The molecule has 0 amide bonds. The molecule has 20 heavy (non-hydrogen) atoms. The van der Waals surface area contributed by atoms with Gasteiger partial charge >= 0.3 is 0 Å². The second kappa shape index (κ2) is 5.72. The highest BCUT2D eigenvalue weighted by atomic mass is 32.3. The van der Waals surface area contributed by atoms with Crippen LogP contribution >= 0.6 is 0 Å². The molecule has 0 unspecified atom stereocenters. The first-order valence-electron chi connectivity index (χ1n) is 5.34. The lowest BCUT2D eigenvalue weighted by atomic mass is 10.3. The SMILES string of the molecule is CN(C)S(=O)(=NS(=O)(=O)c1ccc(F)cc1F)N(C)C. The van der Waals surface area contributed by atoms with Crippen LogP contribution in [0.15, 0.2) is 26.9 Å². The zero-order chi connectivity index (χ0) is 15.7. The molecule has 0 aliphatic heterocycles. The van der Waals surface area contributed by atoms with E-state index in [0.717, 1.165) is 20.7 Å². The summed E-state index contributed by atoms with van der Waals surface area (Å²) in [5, 5.41) is 0. The van der Waals surface area contributed by atoms with Crippen molar-refractivity contribution in [3.8, 4) is 0 Å². The summed E-state index contributed by atoms with van der Waals surface area (Å²) >= 11 is 0. The quantitative estimate of drug-likeness (QED) is 0.831. The van der Waals surface area contributed by atoms with Crippen molar-refractivity contribution in [2.75, 3.05) is 28.2 Å². The Morgan fingerprint density at radius 3 is 1.90 bits per heavy atom. The minimum Gasteiger partial charge on any atom is -0.216 e. The lowest BCUT2D eigenvalue weighted by Gasteiger charge is -2.22. The van der Waals surface area contributed by atoms with Crippen molar-refractivity contribution < 1.29 is 21.4 Å². The van der Waals surface area contributed by atoms with Crippen molar-refractivity contribution in [1.82, 2.24) is 8.61 Å². The van der Waals surface area contributed by atoms with Gasteiger partial charge in [-0.2, -0.15) is 8.42 Å². The largest absolute Gasteiger partial charge is 0.295 e. The van der Waals surface area contributed by atoms with E-state index in [2.05, 4.69) is 3.77 Å². The smallest absolute Gasteiger partial charge is 0.216 e. The van der Waals surface area contributed by atoms with E-state index < -0.39 is 36.7 Å². The second-order valence-electron chi connectivity index (χ2n) is 4.22. The molecule has 0 aromatic heterocycles. The van der Waals surface area contributed by atoms with Gasteiger partial charge in [0, 0.05) is 34.3 Å². The fourth-order valence-corrected chi connectivity index (χ4v) is 4.92. The molecule has 0 N–H and O–H groups in total. The number of hydrogen-bond donors (Lipinski definition) is 0. The molecule has 1 aromatic carbocycles. The molecule has 1 rings (SSSR count). The van der Waals surface area contributed by atoms with Crippen LogP contribution in [0.25, 0.3) is 0 Å². The van der Waals surface area contributed by atoms with E-state index in [9.17, 15) is 21.4 Å². The first kappa shape index (κ1) is 17.0. The fraction of sp³-hybridized carbons (Fsp3) is 0.400. The summed E-state index contributed by atoms with van der Waals surface area (Å²) in [6.45, 7) is 0. The molecule has 0 radical (unpaired) electrons. The van der Waals surface area contributed by atoms with Crippen LogP contribution in [0.1, 0.15) is 0 Å². The Balaban J connectivity index is 3.56. The van der Waals surface area contributed by atoms with E-state index in [1.165, 1.54) is 28.2 Å². The molecule has 0 atom stereocenters. The summed E-state index contributed by atoms with van der Waals surface area (Å²) in [7, 11) is -2.43. The Kier molecular flexibility index (Phi) is 4.85. The monoisotopic (exact) mass is 327 g/mol. The topological polar surface area (TPSA) is 70.0 Å². The van der Waals surface area contributed by atoms with Gasteiger partial charge in [0.2, 0.25) is 0 Å². The molecule has 0 aliphatic carbocycles. The summed E-state index contributed by atoms with van der Waals surface area (Å²) in [5.74, 6) is -2.20. The van der Waals surface area contributed by atoms with Gasteiger partial charge in [-0.05, 0) is 12.1 Å². The lowest BCUT2D eigenvalue weighted by molar-refractivity contribution is 0.514. The average Bonchev–Trinajstić information content (AvgIpc) is 2.26. The molecule has 1 aromatic rings. The second-order valence-corrected chi connectivity index (χ2v) is 8.60. The molecule has 6 nitrogen and oxygen atoms in total. The number of nitrogens with zero attached hydrogens (tertiary/aromatic N) is 3. The Morgan fingerprint density at radius 2 is 1.50 bits per heavy atom. The van der Waals surface area contributed by atoms with Gasteiger partial charge in [0.05, 0.1) is 0 Å². The minimum atomic E-state index is -4.53. The lowest BCUT2D eigenvalue weighted by Crippen LogP contribution is -2.35. The van der Waals surface area contributed by atoms with E-state index >= 15 is 0 Å². The van der Waals surface area contributed by atoms with Crippen LogP contribution in [0.4, 0.5) is 8.78 Å². The maximum Gasteiger partial charge on any atom is 0.295 e. The van der Waals surface area contributed by atoms with E-state index in [1.807, 2.05) is 0 Å². The molecule has 0 bridgehead atoms. The van der Waals surface area contributed by atoms with Crippen molar-refractivity contribution in [1.29, 1.82) is 0 Å². The summed E-state index contributed by atoms with van der Waals surface area (Å²) in [6.07, 6.45) is 0. The molecule has 0 aliphatic rings. The highest BCUT2D eigenvalue weighted by Gasteiger charge is 2.25. The summed E-state index contributed by atoms with van der Waals surface area (Å²) in [6, 6.07) is 1.96. The molecule has 114 valence electrons. The maximum absolute atomic E-state index is 13.5. The van der Waals surface area contributed by atoms with Crippen LogP contribution in [-0.4, -0.2) is 49.4 Å². The molecule has 0 spiro atoms. The number of rotatable bonds is 4. The van der Waals surface area contributed by atoms with Crippen molar-refractivity contribution in [2.45, 2.75) is 4.90 Å². The maximum atomic E-state index is 13.5. The number of halogens is 2. The Bertz CT molecular complexity index is 709. The summed E-state index contributed by atoms with van der Waals surface area (Å²) in [5.41, 5.74) is 0. The van der Waals surface area contributed by atoms with Crippen LogP contribution in [0.2, 0.25) is 0 Å². The first-order valence-corrected chi connectivity index (χ1v) is 8.21. The number of sulfonamides is 1. The Hall–Kier alpha value is -1.10.